The molecule has 82 valence electrons. The predicted octanol–water partition coefficient (Wildman–Crippen LogP) is 3.36. The molecule has 1 aliphatic rings. The van der Waals surface area contributed by atoms with E-state index in [0.717, 1.165) is 11.1 Å². The lowest BCUT2D eigenvalue weighted by Crippen LogP contribution is -2.15. The van der Waals surface area contributed by atoms with E-state index in [4.69, 9.17) is 0 Å². The van der Waals surface area contributed by atoms with Crippen molar-refractivity contribution in [2.75, 3.05) is 5.32 Å². The van der Waals surface area contributed by atoms with Gasteiger partial charge in [0.1, 0.15) is 5.75 Å². The second kappa shape index (κ2) is 4.13. The van der Waals surface area contributed by atoms with Crippen molar-refractivity contribution in [3.05, 3.63) is 23.3 Å². The summed E-state index contributed by atoms with van der Waals surface area (Å²) in [4.78, 5) is 0. The predicted molar refractivity (Wildman–Crippen MR) is 63.5 cm³/mol. The van der Waals surface area contributed by atoms with E-state index < -0.39 is 0 Å². The molecule has 0 aromatic heterocycles. The summed E-state index contributed by atoms with van der Waals surface area (Å²) in [5, 5.41) is 13.1. The van der Waals surface area contributed by atoms with Crippen LogP contribution in [-0.4, -0.2) is 11.1 Å². The molecule has 1 fully saturated rings. The van der Waals surface area contributed by atoms with Crippen molar-refractivity contribution < 1.29 is 5.11 Å². The zero-order valence-electron chi connectivity index (χ0n) is 9.51. The second-order valence-electron chi connectivity index (χ2n) is 4.58. The number of anilines is 1. The van der Waals surface area contributed by atoms with Gasteiger partial charge < -0.3 is 10.4 Å². The molecule has 0 saturated heterocycles. The first-order valence-electron chi connectivity index (χ1n) is 5.73. The van der Waals surface area contributed by atoms with Gasteiger partial charge in [0, 0.05) is 11.7 Å². The van der Waals surface area contributed by atoms with Gasteiger partial charge in [0.2, 0.25) is 0 Å². The number of aryl methyl sites for hydroxylation is 2. The maximum atomic E-state index is 9.56. The van der Waals surface area contributed by atoms with E-state index in [2.05, 4.69) is 5.32 Å². The molecule has 0 amide bonds. The van der Waals surface area contributed by atoms with Crippen LogP contribution in [0.3, 0.4) is 0 Å². The lowest BCUT2D eigenvalue weighted by atomic mass is 10.1. The summed E-state index contributed by atoms with van der Waals surface area (Å²) in [5.41, 5.74) is 3.25. The van der Waals surface area contributed by atoms with Gasteiger partial charge in [0.15, 0.2) is 0 Å². The first-order chi connectivity index (χ1) is 7.16. The maximum Gasteiger partial charge on any atom is 0.118 e. The van der Waals surface area contributed by atoms with Crippen LogP contribution in [0, 0.1) is 13.8 Å². The largest absolute Gasteiger partial charge is 0.508 e. The van der Waals surface area contributed by atoms with E-state index in [1.54, 1.807) is 0 Å². The molecule has 0 bridgehead atoms. The smallest absolute Gasteiger partial charge is 0.118 e. The summed E-state index contributed by atoms with van der Waals surface area (Å²) in [6.07, 6.45) is 5.24. The minimum atomic E-state index is 0.393. The average Bonchev–Trinajstić information content (AvgIpc) is 2.67. The Balaban J connectivity index is 2.16. The van der Waals surface area contributed by atoms with Crippen LogP contribution in [-0.2, 0) is 0 Å². The molecule has 2 N–H and O–H groups in total. The number of hydrogen-bond acceptors (Lipinski definition) is 2. The Hall–Kier alpha value is -1.18. The molecule has 1 aromatic carbocycles. The number of phenols is 1. The molecule has 1 aliphatic carbocycles. The molecule has 0 heterocycles. The fourth-order valence-electron chi connectivity index (χ4n) is 2.25. The van der Waals surface area contributed by atoms with Crippen LogP contribution in [0.5, 0.6) is 5.75 Å². The zero-order valence-corrected chi connectivity index (χ0v) is 9.51. The molecule has 15 heavy (non-hydrogen) atoms. The summed E-state index contributed by atoms with van der Waals surface area (Å²) in [6.45, 7) is 3.98. The van der Waals surface area contributed by atoms with Gasteiger partial charge in [-0.1, -0.05) is 12.8 Å². The summed E-state index contributed by atoms with van der Waals surface area (Å²) in [7, 11) is 0. The van der Waals surface area contributed by atoms with Crippen molar-refractivity contribution in [3.63, 3.8) is 0 Å². The minimum absolute atomic E-state index is 0.393. The van der Waals surface area contributed by atoms with Gasteiger partial charge in [-0.15, -0.1) is 0 Å². The number of phenolic OH excluding ortho intramolecular Hbond substituents is 1. The Morgan fingerprint density at radius 2 is 1.80 bits per heavy atom. The third-order valence-electron chi connectivity index (χ3n) is 3.26. The number of rotatable bonds is 2. The molecule has 0 spiro atoms. The van der Waals surface area contributed by atoms with Crippen molar-refractivity contribution >= 4 is 5.69 Å². The SMILES string of the molecule is Cc1cc(NC2CCCC2)c(C)cc1O. The summed E-state index contributed by atoms with van der Waals surface area (Å²) < 4.78 is 0. The van der Waals surface area contributed by atoms with Crippen molar-refractivity contribution in [1.29, 1.82) is 0 Å². The Morgan fingerprint density at radius 1 is 1.13 bits per heavy atom. The molecule has 2 heteroatoms. The Kier molecular flexibility index (Phi) is 2.85. The monoisotopic (exact) mass is 205 g/mol. The van der Waals surface area contributed by atoms with Crippen LogP contribution in [0.4, 0.5) is 5.69 Å². The van der Waals surface area contributed by atoms with E-state index in [-0.39, 0.29) is 0 Å². The zero-order chi connectivity index (χ0) is 10.8. The molecule has 0 aliphatic heterocycles. The Bertz CT molecular complexity index is 354. The highest BCUT2D eigenvalue weighted by molar-refractivity contribution is 5.57. The Labute approximate surface area is 91.3 Å². The van der Waals surface area contributed by atoms with Crippen LogP contribution in [0.15, 0.2) is 12.1 Å². The van der Waals surface area contributed by atoms with Crippen LogP contribution < -0.4 is 5.32 Å². The van der Waals surface area contributed by atoms with Crippen LogP contribution in [0.25, 0.3) is 0 Å². The molecule has 0 atom stereocenters. The molecule has 1 saturated carbocycles. The highest BCUT2D eigenvalue weighted by atomic mass is 16.3. The van der Waals surface area contributed by atoms with Gasteiger partial charge in [0.05, 0.1) is 0 Å². The Morgan fingerprint density at radius 3 is 2.47 bits per heavy atom. The normalized spacial score (nSPS) is 16.9. The molecule has 0 unspecified atom stereocenters. The summed E-state index contributed by atoms with van der Waals surface area (Å²) in [6, 6.07) is 4.52. The fourth-order valence-corrected chi connectivity index (χ4v) is 2.25. The quantitative estimate of drug-likeness (QED) is 0.725. The topological polar surface area (TPSA) is 32.3 Å². The standard InChI is InChI=1S/C13H19NO/c1-9-8-13(15)10(2)7-12(9)14-11-5-3-4-6-11/h7-8,11,14-15H,3-6H2,1-2H3. The molecule has 2 rings (SSSR count). The van der Waals surface area contributed by atoms with Gasteiger partial charge in [-0.25, -0.2) is 0 Å². The maximum absolute atomic E-state index is 9.56. The van der Waals surface area contributed by atoms with Crippen LogP contribution in [0.2, 0.25) is 0 Å². The molecular formula is C13H19NO. The minimum Gasteiger partial charge on any atom is -0.508 e. The van der Waals surface area contributed by atoms with Crippen LogP contribution in [0.1, 0.15) is 36.8 Å². The van der Waals surface area contributed by atoms with E-state index in [1.165, 1.54) is 31.4 Å². The van der Waals surface area contributed by atoms with Gasteiger partial charge >= 0.3 is 0 Å². The second-order valence-corrected chi connectivity index (χ2v) is 4.58. The molecule has 0 radical (unpaired) electrons. The molecule has 1 aromatic rings. The van der Waals surface area contributed by atoms with E-state index >= 15 is 0 Å². The first-order valence-corrected chi connectivity index (χ1v) is 5.73. The number of aromatic hydroxyl groups is 1. The lowest BCUT2D eigenvalue weighted by molar-refractivity contribution is 0.470. The van der Waals surface area contributed by atoms with Crippen molar-refractivity contribution in [2.24, 2.45) is 0 Å². The van der Waals surface area contributed by atoms with E-state index in [9.17, 15) is 5.11 Å². The highest BCUT2D eigenvalue weighted by Crippen LogP contribution is 2.28. The average molecular weight is 205 g/mol. The molecule has 2 nitrogen and oxygen atoms in total. The van der Waals surface area contributed by atoms with Crippen molar-refractivity contribution in [1.82, 2.24) is 0 Å². The third kappa shape index (κ3) is 2.25. The number of hydrogen-bond donors (Lipinski definition) is 2. The fraction of sp³-hybridized carbons (Fsp3) is 0.538. The molecular weight excluding hydrogens is 186 g/mol. The summed E-state index contributed by atoms with van der Waals surface area (Å²) >= 11 is 0. The third-order valence-corrected chi connectivity index (χ3v) is 3.26. The van der Waals surface area contributed by atoms with Crippen molar-refractivity contribution in [2.45, 2.75) is 45.6 Å². The highest BCUT2D eigenvalue weighted by Gasteiger charge is 2.15. The van der Waals surface area contributed by atoms with Gasteiger partial charge in [-0.3, -0.25) is 0 Å². The summed E-state index contributed by atoms with van der Waals surface area (Å²) in [5.74, 6) is 0.393. The van der Waals surface area contributed by atoms with Crippen LogP contribution >= 0.6 is 0 Å². The van der Waals surface area contributed by atoms with Gasteiger partial charge in [-0.05, 0) is 49.9 Å². The van der Waals surface area contributed by atoms with Gasteiger partial charge in [0.25, 0.3) is 0 Å². The van der Waals surface area contributed by atoms with E-state index in [1.807, 2.05) is 26.0 Å². The van der Waals surface area contributed by atoms with Crippen molar-refractivity contribution in [3.8, 4) is 5.75 Å². The number of benzene rings is 1. The lowest BCUT2D eigenvalue weighted by Gasteiger charge is -2.16. The number of nitrogens with one attached hydrogen (secondary N) is 1. The van der Waals surface area contributed by atoms with Gasteiger partial charge in [-0.2, -0.15) is 0 Å². The van der Waals surface area contributed by atoms with E-state index in [0.29, 0.717) is 11.8 Å². The first kappa shape index (κ1) is 10.3.